The van der Waals surface area contributed by atoms with Crippen molar-refractivity contribution in [2.45, 2.75) is 0 Å². The van der Waals surface area contributed by atoms with E-state index < -0.39 is 25.9 Å². The van der Waals surface area contributed by atoms with E-state index in [2.05, 4.69) is 4.99 Å². The highest BCUT2D eigenvalue weighted by atomic mass is 32.2. The van der Waals surface area contributed by atoms with Crippen LogP contribution in [0, 0.1) is 5.82 Å². The number of nitrogens with two attached hydrogens (primary N) is 1. The molecule has 2 N–H and O–H groups in total. The lowest BCUT2D eigenvalue weighted by molar-refractivity contribution is 0.495. The molecule has 0 radical (unpaired) electrons. The van der Waals surface area contributed by atoms with E-state index in [1.807, 2.05) is 0 Å². The van der Waals surface area contributed by atoms with Gasteiger partial charge >= 0.3 is 5.23 Å². The number of sulfone groups is 1. The molecule has 0 amide bonds. The Morgan fingerprint density at radius 1 is 1.31 bits per heavy atom. The van der Waals surface area contributed by atoms with Crippen molar-refractivity contribution in [2.24, 2.45) is 10.7 Å². The lowest BCUT2D eigenvalue weighted by Crippen LogP contribution is -2.22. The van der Waals surface area contributed by atoms with Crippen molar-refractivity contribution in [3.8, 4) is 5.75 Å². The summed E-state index contributed by atoms with van der Waals surface area (Å²) in [5.74, 6) is -0.890. The molecule has 1 aromatic rings. The predicted octanol–water partition coefficient (Wildman–Crippen LogP) is 0.747. The van der Waals surface area contributed by atoms with E-state index in [9.17, 15) is 12.8 Å². The molecule has 0 fully saturated rings. The molecule has 2 rings (SSSR count). The SMILES string of the molecule is NC1=CN=C(Oc2ccccc2F)S1(=O)=O. The summed E-state index contributed by atoms with van der Waals surface area (Å²) in [6.07, 6.45) is 0.950. The Balaban J connectivity index is 2.30. The van der Waals surface area contributed by atoms with Gasteiger partial charge in [0.15, 0.2) is 16.6 Å². The minimum absolute atomic E-state index is 0.215. The quantitative estimate of drug-likeness (QED) is 0.787. The van der Waals surface area contributed by atoms with Gasteiger partial charge in [0.2, 0.25) is 0 Å². The lowest BCUT2D eigenvalue weighted by atomic mass is 10.3. The maximum absolute atomic E-state index is 13.2. The van der Waals surface area contributed by atoms with Gasteiger partial charge in [-0.2, -0.15) is 0 Å². The molecule has 0 atom stereocenters. The summed E-state index contributed by atoms with van der Waals surface area (Å²) in [6, 6.07) is 5.41. The van der Waals surface area contributed by atoms with Crippen molar-refractivity contribution in [3.63, 3.8) is 0 Å². The highest BCUT2D eigenvalue weighted by Gasteiger charge is 2.30. The summed E-state index contributed by atoms with van der Waals surface area (Å²) >= 11 is 0. The molecule has 84 valence electrons. The molecule has 1 aliphatic heterocycles. The second kappa shape index (κ2) is 3.60. The van der Waals surface area contributed by atoms with Crippen LogP contribution in [-0.4, -0.2) is 13.6 Å². The van der Waals surface area contributed by atoms with Gasteiger partial charge in [0, 0.05) is 0 Å². The standard InChI is InChI=1S/C9H7FN2O3S/c10-6-3-1-2-4-7(6)15-9-12-5-8(11)16(9,13)14/h1-5H,11H2. The van der Waals surface area contributed by atoms with Crippen LogP contribution in [0.3, 0.4) is 0 Å². The van der Waals surface area contributed by atoms with Crippen LogP contribution in [0.2, 0.25) is 0 Å². The van der Waals surface area contributed by atoms with Gasteiger partial charge in [-0.05, 0) is 12.1 Å². The largest absolute Gasteiger partial charge is 0.427 e. The van der Waals surface area contributed by atoms with Gasteiger partial charge in [-0.1, -0.05) is 12.1 Å². The zero-order valence-corrected chi connectivity index (χ0v) is 8.74. The maximum atomic E-state index is 13.2. The molecule has 0 saturated carbocycles. The van der Waals surface area contributed by atoms with Crippen LogP contribution in [0.1, 0.15) is 0 Å². The van der Waals surface area contributed by atoms with Crippen LogP contribution in [0.25, 0.3) is 0 Å². The highest BCUT2D eigenvalue weighted by Crippen LogP contribution is 2.20. The Morgan fingerprint density at radius 3 is 2.56 bits per heavy atom. The zero-order chi connectivity index (χ0) is 11.8. The van der Waals surface area contributed by atoms with Gasteiger partial charge < -0.3 is 10.5 Å². The van der Waals surface area contributed by atoms with Gasteiger partial charge in [-0.25, -0.2) is 17.8 Å². The van der Waals surface area contributed by atoms with Crippen LogP contribution < -0.4 is 10.5 Å². The van der Waals surface area contributed by atoms with Crippen molar-refractivity contribution >= 4 is 15.1 Å². The maximum Gasteiger partial charge on any atom is 0.322 e. The number of benzene rings is 1. The van der Waals surface area contributed by atoms with Crippen molar-refractivity contribution in [2.75, 3.05) is 0 Å². The van der Waals surface area contributed by atoms with Crippen LogP contribution in [-0.2, 0) is 9.84 Å². The van der Waals surface area contributed by atoms with Crippen LogP contribution in [0.4, 0.5) is 4.39 Å². The summed E-state index contributed by atoms with van der Waals surface area (Å²) in [5.41, 5.74) is 5.18. The number of para-hydroxylation sites is 1. The van der Waals surface area contributed by atoms with Gasteiger partial charge in [0.05, 0.1) is 6.20 Å². The molecule has 1 heterocycles. The molecular formula is C9H7FN2O3S. The summed E-state index contributed by atoms with van der Waals surface area (Å²) in [4.78, 5) is 3.46. The molecule has 5 nitrogen and oxygen atoms in total. The fraction of sp³-hybridized carbons (Fsp3) is 0. The number of rotatable bonds is 1. The fourth-order valence-electron chi connectivity index (χ4n) is 1.06. The Labute approximate surface area is 91.0 Å². The van der Waals surface area contributed by atoms with E-state index in [1.54, 1.807) is 0 Å². The molecule has 16 heavy (non-hydrogen) atoms. The number of hydrogen-bond acceptors (Lipinski definition) is 5. The molecule has 7 heteroatoms. The average Bonchev–Trinajstić information content (AvgIpc) is 2.48. The smallest absolute Gasteiger partial charge is 0.322 e. The van der Waals surface area contributed by atoms with Gasteiger partial charge in [0.1, 0.15) is 0 Å². The summed E-state index contributed by atoms with van der Waals surface area (Å²) in [7, 11) is -3.88. The Hall–Kier alpha value is -1.89. The number of halogens is 1. The Morgan fingerprint density at radius 2 is 2.00 bits per heavy atom. The average molecular weight is 242 g/mol. The third-order valence-corrected chi connectivity index (χ3v) is 3.25. The minimum Gasteiger partial charge on any atom is -0.427 e. The second-order valence-electron chi connectivity index (χ2n) is 2.96. The Bertz CT molecular complexity index is 593. The molecule has 0 aliphatic carbocycles. The minimum atomic E-state index is -3.88. The van der Waals surface area contributed by atoms with Crippen molar-refractivity contribution in [1.29, 1.82) is 0 Å². The third-order valence-electron chi connectivity index (χ3n) is 1.87. The molecule has 1 aromatic carbocycles. The summed E-state index contributed by atoms with van der Waals surface area (Å²) in [6.45, 7) is 0. The summed E-state index contributed by atoms with van der Waals surface area (Å²) in [5, 5.41) is -1.03. The third kappa shape index (κ3) is 1.65. The van der Waals surface area contributed by atoms with E-state index in [-0.39, 0.29) is 5.75 Å². The van der Waals surface area contributed by atoms with Crippen LogP contribution in [0.15, 0.2) is 40.5 Å². The van der Waals surface area contributed by atoms with Crippen molar-refractivity contribution < 1.29 is 17.5 Å². The molecule has 0 spiro atoms. The molecule has 0 unspecified atom stereocenters. The van der Waals surface area contributed by atoms with Crippen LogP contribution >= 0.6 is 0 Å². The number of ether oxygens (including phenoxy) is 1. The van der Waals surface area contributed by atoms with E-state index >= 15 is 0 Å². The lowest BCUT2D eigenvalue weighted by Gasteiger charge is -2.05. The molecule has 1 aliphatic rings. The topological polar surface area (TPSA) is 81.8 Å². The normalized spacial score (nSPS) is 17.8. The first kappa shape index (κ1) is 10.6. The number of hydrogen-bond donors (Lipinski definition) is 1. The van der Waals surface area contributed by atoms with Gasteiger partial charge in [0.25, 0.3) is 9.84 Å². The molecular weight excluding hydrogens is 235 g/mol. The molecule has 0 bridgehead atoms. The Kier molecular flexibility index (Phi) is 2.39. The first-order chi connectivity index (χ1) is 7.51. The first-order valence-corrected chi connectivity index (χ1v) is 5.71. The number of aliphatic imine (C=N–C) groups is 1. The zero-order valence-electron chi connectivity index (χ0n) is 7.92. The highest BCUT2D eigenvalue weighted by molar-refractivity contribution is 8.09. The second-order valence-corrected chi connectivity index (χ2v) is 4.79. The fourth-order valence-corrected chi connectivity index (χ4v) is 1.84. The summed E-state index contributed by atoms with van der Waals surface area (Å²) < 4.78 is 40.9. The molecule has 0 saturated heterocycles. The van der Waals surface area contributed by atoms with E-state index in [1.165, 1.54) is 18.2 Å². The van der Waals surface area contributed by atoms with E-state index in [0.29, 0.717) is 0 Å². The van der Waals surface area contributed by atoms with E-state index in [0.717, 1.165) is 12.3 Å². The molecule has 0 aromatic heterocycles. The first-order valence-electron chi connectivity index (χ1n) is 4.23. The van der Waals surface area contributed by atoms with Crippen molar-refractivity contribution in [3.05, 3.63) is 41.3 Å². The predicted molar refractivity (Wildman–Crippen MR) is 55.7 cm³/mol. The van der Waals surface area contributed by atoms with E-state index in [4.69, 9.17) is 10.5 Å². The number of nitrogens with zero attached hydrogens (tertiary/aromatic N) is 1. The van der Waals surface area contributed by atoms with Crippen molar-refractivity contribution in [1.82, 2.24) is 0 Å². The van der Waals surface area contributed by atoms with Gasteiger partial charge in [-0.3, -0.25) is 0 Å². The van der Waals surface area contributed by atoms with Crippen LogP contribution in [0.5, 0.6) is 5.75 Å². The monoisotopic (exact) mass is 242 g/mol. The van der Waals surface area contributed by atoms with Gasteiger partial charge in [-0.15, -0.1) is 0 Å².